The summed E-state index contributed by atoms with van der Waals surface area (Å²) in [7, 11) is -1.60. The van der Waals surface area contributed by atoms with Crippen LogP contribution in [0.1, 0.15) is 44.5 Å². The number of nitrogens with zero attached hydrogens (tertiary/aromatic N) is 2. The summed E-state index contributed by atoms with van der Waals surface area (Å²) in [6, 6.07) is -0.0635. The van der Waals surface area contributed by atoms with Crippen LogP contribution in [0.5, 0.6) is 0 Å². The normalized spacial score (nSPS) is 13.6. The van der Waals surface area contributed by atoms with Crippen LogP contribution in [0.2, 0.25) is 0 Å². The number of aryl methyl sites for hydroxylation is 2. The predicted molar refractivity (Wildman–Crippen MR) is 84.9 cm³/mol. The van der Waals surface area contributed by atoms with Gasteiger partial charge in [0.05, 0.1) is 11.4 Å². The zero-order valence-electron chi connectivity index (χ0n) is 13.7. The smallest absolute Gasteiger partial charge is 0.244 e. The summed E-state index contributed by atoms with van der Waals surface area (Å²) in [5.74, 6) is 0. The Morgan fingerprint density at radius 3 is 2.57 bits per heavy atom. The molecule has 0 saturated carbocycles. The van der Waals surface area contributed by atoms with Crippen LogP contribution in [0.25, 0.3) is 0 Å². The highest BCUT2D eigenvalue weighted by molar-refractivity contribution is 7.89. The van der Waals surface area contributed by atoms with Crippen molar-refractivity contribution in [2.75, 3.05) is 13.6 Å². The van der Waals surface area contributed by atoms with Crippen LogP contribution >= 0.6 is 0 Å². The van der Waals surface area contributed by atoms with E-state index >= 15 is 0 Å². The van der Waals surface area contributed by atoms with Crippen molar-refractivity contribution in [3.05, 3.63) is 11.4 Å². The van der Waals surface area contributed by atoms with Crippen molar-refractivity contribution in [2.24, 2.45) is 0 Å². The molecular weight excluding hydrogens is 288 g/mol. The van der Waals surface area contributed by atoms with Gasteiger partial charge in [-0.3, -0.25) is 4.68 Å². The third kappa shape index (κ3) is 4.79. The predicted octanol–water partition coefficient (Wildman–Crippen LogP) is 1.58. The van der Waals surface area contributed by atoms with Crippen molar-refractivity contribution in [1.29, 1.82) is 0 Å². The molecule has 1 rings (SSSR count). The molecule has 7 heteroatoms. The largest absolute Gasteiger partial charge is 0.320 e. The summed E-state index contributed by atoms with van der Waals surface area (Å²) >= 11 is 0. The Hall–Kier alpha value is -0.920. The fourth-order valence-corrected chi connectivity index (χ4v) is 4.20. The van der Waals surface area contributed by atoms with E-state index in [0.717, 1.165) is 25.8 Å². The summed E-state index contributed by atoms with van der Waals surface area (Å²) < 4.78 is 29.6. The molecule has 2 N–H and O–H groups in total. The Morgan fingerprint density at radius 1 is 1.33 bits per heavy atom. The number of sulfonamides is 1. The molecule has 0 aromatic carbocycles. The lowest BCUT2D eigenvalue weighted by atomic mass is 10.2. The van der Waals surface area contributed by atoms with Gasteiger partial charge in [0.1, 0.15) is 4.90 Å². The van der Waals surface area contributed by atoms with Gasteiger partial charge in [-0.15, -0.1) is 0 Å². The minimum absolute atomic E-state index is 0.0635. The topological polar surface area (TPSA) is 76.0 Å². The number of rotatable bonds is 9. The summed E-state index contributed by atoms with van der Waals surface area (Å²) in [5, 5.41) is 7.45. The second kappa shape index (κ2) is 7.91. The van der Waals surface area contributed by atoms with E-state index in [1.807, 2.05) is 27.8 Å². The lowest BCUT2D eigenvalue weighted by Crippen LogP contribution is -2.33. The Bertz CT molecular complexity index is 552. The second-order valence-electron chi connectivity index (χ2n) is 5.49. The molecule has 0 saturated heterocycles. The maximum absolute atomic E-state index is 12.5. The first-order valence-electron chi connectivity index (χ1n) is 7.54. The fraction of sp³-hybridized carbons (Fsp3) is 0.786. The van der Waals surface area contributed by atoms with Crippen LogP contribution in [0, 0.1) is 13.8 Å². The highest BCUT2D eigenvalue weighted by Gasteiger charge is 2.25. The van der Waals surface area contributed by atoms with Gasteiger partial charge in [-0.1, -0.05) is 13.3 Å². The monoisotopic (exact) mass is 316 g/mol. The Kier molecular flexibility index (Phi) is 6.83. The van der Waals surface area contributed by atoms with Gasteiger partial charge < -0.3 is 5.32 Å². The van der Waals surface area contributed by atoms with E-state index in [1.54, 1.807) is 11.6 Å². The first-order chi connectivity index (χ1) is 9.83. The van der Waals surface area contributed by atoms with Crippen LogP contribution in [0.15, 0.2) is 4.90 Å². The molecule has 0 spiro atoms. The molecule has 1 aromatic rings. The maximum atomic E-state index is 12.5. The molecule has 0 radical (unpaired) electrons. The average molecular weight is 316 g/mol. The van der Waals surface area contributed by atoms with Crippen molar-refractivity contribution in [1.82, 2.24) is 19.8 Å². The van der Waals surface area contributed by atoms with Crippen LogP contribution in [-0.4, -0.2) is 37.8 Å². The first kappa shape index (κ1) is 18.1. The minimum Gasteiger partial charge on any atom is -0.320 e. The fourth-order valence-electron chi connectivity index (χ4n) is 2.51. The lowest BCUT2D eigenvalue weighted by molar-refractivity contribution is 0.538. The van der Waals surface area contributed by atoms with Gasteiger partial charge in [0.2, 0.25) is 10.0 Å². The summed E-state index contributed by atoms with van der Waals surface area (Å²) in [6.45, 7) is 9.10. The molecular formula is C14H28N4O2S. The van der Waals surface area contributed by atoms with E-state index in [2.05, 4.69) is 15.1 Å². The lowest BCUT2D eigenvalue weighted by Gasteiger charge is -2.13. The number of nitrogens with one attached hydrogen (secondary N) is 2. The quantitative estimate of drug-likeness (QED) is 0.678. The van der Waals surface area contributed by atoms with Crippen molar-refractivity contribution in [3.63, 3.8) is 0 Å². The molecule has 0 aliphatic carbocycles. The average Bonchev–Trinajstić information content (AvgIpc) is 2.65. The first-order valence-corrected chi connectivity index (χ1v) is 9.02. The minimum atomic E-state index is -3.50. The van der Waals surface area contributed by atoms with Gasteiger partial charge >= 0.3 is 0 Å². The van der Waals surface area contributed by atoms with E-state index in [1.165, 1.54) is 0 Å². The molecule has 6 nitrogen and oxygen atoms in total. The molecule has 1 aromatic heterocycles. The standard InChI is InChI=1S/C14H28N4O2S/c1-6-8-11(2)17-21(19,20)14-12(3)16-18(13(14)4)10-7-9-15-5/h11,15,17H,6-10H2,1-5H3. The second-order valence-corrected chi connectivity index (χ2v) is 7.14. The van der Waals surface area contributed by atoms with Crippen molar-refractivity contribution >= 4 is 10.0 Å². The Morgan fingerprint density at radius 2 is 2.00 bits per heavy atom. The highest BCUT2D eigenvalue weighted by Crippen LogP contribution is 2.20. The van der Waals surface area contributed by atoms with E-state index in [9.17, 15) is 8.42 Å². The molecule has 1 unspecified atom stereocenters. The van der Waals surface area contributed by atoms with Crippen LogP contribution in [-0.2, 0) is 16.6 Å². The number of aromatic nitrogens is 2. The van der Waals surface area contributed by atoms with E-state index < -0.39 is 10.0 Å². The molecule has 1 heterocycles. The summed E-state index contributed by atoms with van der Waals surface area (Å²) in [4.78, 5) is 0.329. The summed E-state index contributed by atoms with van der Waals surface area (Å²) in [5.41, 5.74) is 1.27. The molecule has 0 aliphatic heterocycles. The SMILES string of the molecule is CCCC(C)NS(=O)(=O)c1c(C)nn(CCCNC)c1C. The van der Waals surface area contributed by atoms with Gasteiger partial charge in [-0.05, 0) is 47.2 Å². The van der Waals surface area contributed by atoms with Gasteiger partial charge in [-0.25, -0.2) is 13.1 Å². The molecule has 0 fully saturated rings. The van der Waals surface area contributed by atoms with Crippen LogP contribution in [0.4, 0.5) is 0 Å². The van der Waals surface area contributed by atoms with Crippen molar-refractivity contribution < 1.29 is 8.42 Å². The summed E-state index contributed by atoms with van der Waals surface area (Å²) in [6.07, 6.45) is 2.69. The third-order valence-corrected chi connectivity index (χ3v) is 5.30. The molecule has 1 atom stereocenters. The van der Waals surface area contributed by atoms with E-state index in [-0.39, 0.29) is 6.04 Å². The van der Waals surface area contributed by atoms with Crippen LogP contribution in [0.3, 0.4) is 0 Å². The molecule has 122 valence electrons. The van der Waals surface area contributed by atoms with E-state index in [0.29, 0.717) is 22.8 Å². The molecule has 0 aliphatic rings. The molecule has 21 heavy (non-hydrogen) atoms. The van der Waals surface area contributed by atoms with Gasteiger partial charge in [0.15, 0.2) is 0 Å². The zero-order chi connectivity index (χ0) is 16.0. The van der Waals surface area contributed by atoms with Gasteiger partial charge in [0.25, 0.3) is 0 Å². The number of hydrogen-bond acceptors (Lipinski definition) is 4. The Balaban J connectivity index is 2.96. The van der Waals surface area contributed by atoms with Gasteiger partial charge in [-0.2, -0.15) is 5.10 Å². The van der Waals surface area contributed by atoms with Crippen LogP contribution < -0.4 is 10.0 Å². The van der Waals surface area contributed by atoms with Crippen molar-refractivity contribution in [3.8, 4) is 0 Å². The molecule has 0 amide bonds. The highest BCUT2D eigenvalue weighted by atomic mass is 32.2. The Labute approximate surface area is 128 Å². The maximum Gasteiger partial charge on any atom is 0.244 e. The van der Waals surface area contributed by atoms with Gasteiger partial charge in [0, 0.05) is 12.6 Å². The molecule has 0 bridgehead atoms. The third-order valence-electron chi connectivity index (χ3n) is 3.46. The van der Waals surface area contributed by atoms with Crippen molar-refractivity contribution in [2.45, 2.75) is 64.4 Å². The zero-order valence-corrected chi connectivity index (χ0v) is 14.5. The van der Waals surface area contributed by atoms with E-state index in [4.69, 9.17) is 0 Å². The number of hydrogen-bond donors (Lipinski definition) is 2.